The molecule has 0 aromatic carbocycles. The number of aryl methyl sites for hydroxylation is 1. The highest BCUT2D eigenvalue weighted by atomic mass is 15.3. The molecule has 1 saturated heterocycles. The van der Waals surface area contributed by atoms with E-state index in [1.807, 2.05) is 44.1 Å². The summed E-state index contributed by atoms with van der Waals surface area (Å²) in [6, 6.07) is 7.86. The molecule has 1 aliphatic heterocycles. The lowest BCUT2D eigenvalue weighted by molar-refractivity contribution is 0.638. The summed E-state index contributed by atoms with van der Waals surface area (Å²) in [7, 11) is 3.97. The predicted molar refractivity (Wildman–Crippen MR) is 94.5 cm³/mol. The number of piperazine rings is 1. The van der Waals surface area contributed by atoms with Gasteiger partial charge in [0.2, 0.25) is 5.95 Å². The van der Waals surface area contributed by atoms with Crippen LogP contribution in [-0.2, 0) is 0 Å². The molecule has 3 heterocycles. The van der Waals surface area contributed by atoms with Gasteiger partial charge in [-0.3, -0.25) is 0 Å². The Hall–Kier alpha value is -2.88. The molecule has 1 aliphatic rings. The van der Waals surface area contributed by atoms with Gasteiger partial charge in [0.1, 0.15) is 17.6 Å². The molecule has 0 saturated carbocycles. The second kappa shape index (κ2) is 6.71. The van der Waals surface area contributed by atoms with Crippen LogP contribution in [0.1, 0.15) is 11.4 Å². The molecule has 7 nitrogen and oxygen atoms in total. The maximum absolute atomic E-state index is 8.99. The first-order valence-electron chi connectivity index (χ1n) is 7.96. The zero-order valence-corrected chi connectivity index (χ0v) is 14.3. The van der Waals surface area contributed by atoms with E-state index in [-0.39, 0.29) is 0 Å². The fourth-order valence-electron chi connectivity index (χ4n) is 2.75. The topological polar surface area (TPSA) is 72.2 Å². The Morgan fingerprint density at radius 2 is 1.79 bits per heavy atom. The van der Waals surface area contributed by atoms with Crippen LogP contribution < -0.4 is 14.7 Å². The lowest BCUT2D eigenvalue weighted by Crippen LogP contribution is -2.47. The normalized spacial score (nSPS) is 14.4. The Morgan fingerprint density at radius 3 is 2.46 bits per heavy atom. The van der Waals surface area contributed by atoms with Crippen LogP contribution in [0, 0.1) is 18.3 Å². The van der Waals surface area contributed by atoms with Gasteiger partial charge in [0.05, 0.1) is 0 Å². The number of aromatic nitrogens is 3. The van der Waals surface area contributed by atoms with Crippen molar-refractivity contribution in [2.75, 3.05) is 55.0 Å². The van der Waals surface area contributed by atoms with E-state index in [1.165, 1.54) is 0 Å². The monoisotopic (exact) mass is 323 g/mol. The molecule has 3 rings (SSSR count). The molecule has 124 valence electrons. The first kappa shape index (κ1) is 16.0. The molecule has 1 fully saturated rings. The third-order valence-electron chi connectivity index (χ3n) is 4.07. The van der Waals surface area contributed by atoms with Crippen LogP contribution >= 0.6 is 0 Å². The van der Waals surface area contributed by atoms with Crippen LogP contribution in [0.15, 0.2) is 24.4 Å². The Balaban J connectivity index is 1.72. The number of nitrogens with zero attached hydrogens (tertiary/aromatic N) is 7. The Morgan fingerprint density at radius 1 is 1.08 bits per heavy atom. The highest BCUT2D eigenvalue weighted by Crippen LogP contribution is 2.20. The van der Waals surface area contributed by atoms with Gasteiger partial charge in [-0.05, 0) is 19.1 Å². The molecular weight excluding hydrogens is 302 g/mol. The maximum Gasteiger partial charge on any atom is 0.227 e. The van der Waals surface area contributed by atoms with Gasteiger partial charge in [-0.1, -0.05) is 0 Å². The largest absolute Gasteiger partial charge is 0.368 e. The SMILES string of the molecule is Cc1cc(N(C)C)nc(N2CCN(c3ccnc(C#N)c3)CC2)n1. The van der Waals surface area contributed by atoms with Crippen LogP contribution in [0.5, 0.6) is 0 Å². The summed E-state index contributed by atoms with van der Waals surface area (Å²) in [5.74, 6) is 1.71. The van der Waals surface area contributed by atoms with E-state index < -0.39 is 0 Å². The van der Waals surface area contributed by atoms with Gasteiger partial charge in [0.25, 0.3) is 0 Å². The van der Waals surface area contributed by atoms with Gasteiger partial charge in [-0.2, -0.15) is 10.2 Å². The Labute approximate surface area is 142 Å². The van der Waals surface area contributed by atoms with Crippen LogP contribution in [-0.4, -0.2) is 55.2 Å². The third kappa shape index (κ3) is 3.38. The quantitative estimate of drug-likeness (QED) is 0.846. The van der Waals surface area contributed by atoms with Crippen molar-refractivity contribution in [2.24, 2.45) is 0 Å². The summed E-state index contributed by atoms with van der Waals surface area (Å²) in [5, 5.41) is 8.99. The molecule has 24 heavy (non-hydrogen) atoms. The standard InChI is InChI=1S/C17H21N7/c1-13-10-16(22(2)3)21-17(20-13)24-8-6-23(7-9-24)15-4-5-19-14(11-15)12-18/h4-5,10-11H,6-9H2,1-3H3. The number of pyridine rings is 1. The molecule has 0 spiro atoms. The molecule has 0 atom stereocenters. The second-order valence-electron chi connectivity index (χ2n) is 6.05. The minimum Gasteiger partial charge on any atom is -0.368 e. The van der Waals surface area contributed by atoms with Crippen molar-refractivity contribution in [3.8, 4) is 6.07 Å². The second-order valence-corrected chi connectivity index (χ2v) is 6.05. The van der Waals surface area contributed by atoms with E-state index in [0.717, 1.165) is 49.3 Å². The van der Waals surface area contributed by atoms with Crippen molar-refractivity contribution in [3.63, 3.8) is 0 Å². The average molecular weight is 323 g/mol. The molecule has 7 heteroatoms. The number of rotatable bonds is 3. The first-order valence-corrected chi connectivity index (χ1v) is 7.96. The van der Waals surface area contributed by atoms with Crippen molar-refractivity contribution in [1.82, 2.24) is 15.0 Å². The van der Waals surface area contributed by atoms with Crippen LogP contribution in [0.25, 0.3) is 0 Å². The number of nitriles is 1. The zero-order valence-electron chi connectivity index (χ0n) is 14.3. The van der Waals surface area contributed by atoms with E-state index in [0.29, 0.717) is 5.69 Å². The van der Waals surface area contributed by atoms with Gasteiger partial charge >= 0.3 is 0 Å². The molecule has 0 aliphatic carbocycles. The lowest BCUT2D eigenvalue weighted by Gasteiger charge is -2.36. The maximum atomic E-state index is 8.99. The predicted octanol–water partition coefficient (Wildman–Crippen LogP) is 1.44. The number of hydrogen-bond donors (Lipinski definition) is 0. The summed E-state index contributed by atoms with van der Waals surface area (Å²) in [6.07, 6.45) is 1.69. The van der Waals surface area contributed by atoms with Crippen molar-refractivity contribution < 1.29 is 0 Å². The van der Waals surface area contributed by atoms with Crippen molar-refractivity contribution >= 4 is 17.5 Å². The summed E-state index contributed by atoms with van der Waals surface area (Å²) in [4.78, 5) is 19.7. The molecule has 0 unspecified atom stereocenters. The van der Waals surface area contributed by atoms with Crippen LogP contribution in [0.4, 0.5) is 17.5 Å². The van der Waals surface area contributed by atoms with E-state index >= 15 is 0 Å². The van der Waals surface area contributed by atoms with Gasteiger partial charge in [0.15, 0.2) is 0 Å². The van der Waals surface area contributed by atoms with E-state index in [4.69, 9.17) is 5.26 Å². The third-order valence-corrected chi connectivity index (χ3v) is 4.07. The van der Waals surface area contributed by atoms with Gasteiger partial charge in [-0.25, -0.2) is 9.97 Å². The molecule has 2 aromatic heterocycles. The number of hydrogen-bond acceptors (Lipinski definition) is 7. The van der Waals surface area contributed by atoms with Gasteiger partial charge in [-0.15, -0.1) is 0 Å². The minimum atomic E-state index is 0.451. The molecule has 0 bridgehead atoms. The summed E-state index contributed by atoms with van der Waals surface area (Å²) < 4.78 is 0. The van der Waals surface area contributed by atoms with Gasteiger partial charge < -0.3 is 14.7 Å². The highest BCUT2D eigenvalue weighted by molar-refractivity contribution is 5.51. The summed E-state index contributed by atoms with van der Waals surface area (Å²) in [6.45, 7) is 5.42. The Bertz CT molecular complexity index is 758. The van der Waals surface area contributed by atoms with E-state index in [1.54, 1.807) is 6.20 Å². The minimum absolute atomic E-state index is 0.451. The fourth-order valence-corrected chi connectivity index (χ4v) is 2.75. The van der Waals surface area contributed by atoms with E-state index in [9.17, 15) is 0 Å². The fraction of sp³-hybridized carbons (Fsp3) is 0.412. The molecule has 0 amide bonds. The first-order chi connectivity index (χ1) is 11.6. The van der Waals surface area contributed by atoms with Gasteiger partial charge in [0, 0.05) is 63.9 Å². The highest BCUT2D eigenvalue weighted by Gasteiger charge is 2.20. The average Bonchev–Trinajstić information content (AvgIpc) is 2.61. The smallest absolute Gasteiger partial charge is 0.227 e. The lowest BCUT2D eigenvalue weighted by atomic mass is 10.2. The van der Waals surface area contributed by atoms with Crippen LogP contribution in [0.2, 0.25) is 0 Å². The summed E-state index contributed by atoms with van der Waals surface area (Å²) in [5.41, 5.74) is 2.46. The molecule has 0 N–H and O–H groups in total. The molecular formula is C17H21N7. The molecule has 0 radical (unpaired) electrons. The number of anilines is 3. The zero-order chi connectivity index (χ0) is 17.1. The van der Waals surface area contributed by atoms with Crippen molar-refractivity contribution in [3.05, 3.63) is 35.8 Å². The Kier molecular flexibility index (Phi) is 4.47. The van der Waals surface area contributed by atoms with Crippen molar-refractivity contribution in [1.29, 1.82) is 5.26 Å². The van der Waals surface area contributed by atoms with Crippen LogP contribution in [0.3, 0.4) is 0 Å². The molecule has 2 aromatic rings. The van der Waals surface area contributed by atoms with E-state index in [2.05, 4.69) is 30.8 Å². The van der Waals surface area contributed by atoms with Crippen molar-refractivity contribution in [2.45, 2.75) is 6.92 Å². The summed E-state index contributed by atoms with van der Waals surface area (Å²) >= 11 is 0.